The van der Waals surface area contributed by atoms with E-state index in [1.54, 1.807) is 0 Å². The molecular formula is C37H39N3O3. The first-order valence-corrected chi connectivity index (χ1v) is 14.9. The molecule has 0 fully saturated rings. The Hall–Kier alpha value is -4.71. The summed E-state index contributed by atoms with van der Waals surface area (Å²) in [6.45, 7) is 9.95. The molecule has 43 heavy (non-hydrogen) atoms. The van der Waals surface area contributed by atoms with Crippen LogP contribution in [-0.4, -0.2) is 27.0 Å². The molecule has 5 aromatic rings. The van der Waals surface area contributed by atoms with Crippen LogP contribution < -0.4 is 5.32 Å². The molecule has 0 unspecified atom stereocenters. The molecule has 0 saturated heterocycles. The number of fused-ring (bicyclic) bond motifs is 1. The molecule has 6 heteroatoms. The molecule has 6 nitrogen and oxygen atoms in total. The van der Waals surface area contributed by atoms with E-state index in [1.807, 2.05) is 69.3 Å². The van der Waals surface area contributed by atoms with Crippen LogP contribution in [0.25, 0.3) is 33.3 Å². The maximum Gasteiger partial charge on any atom is 0.339 e. The van der Waals surface area contributed by atoms with Gasteiger partial charge in [-0.3, -0.25) is 4.79 Å². The molecule has 0 radical (unpaired) electrons. The quantitative estimate of drug-likeness (QED) is 0.179. The number of hydrogen-bond donors (Lipinski definition) is 1. The number of esters is 1. The fraction of sp³-hybridized carbons (Fsp3) is 0.270. The van der Waals surface area contributed by atoms with Gasteiger partial charge < -0.3 is 14.6 Å². The van der Waals surface area contributed by atoms with E-state index in [0.717, 1.165) is 69.6 Å². The molecule has 0 aliphatic heterocycles. The van der Waals surface area contributed by atoms with Crippen molar-refractivity contribution < 1.29 is 14.3 Å². The van der Waals surface area contributed by atoms with Crippen LogP contribution >= 0.6 is 0 Å². The molecule has 1 heterocycles. The smallest absolute Gasteiger partial charge is 0.339 e. The van der Waals surface area contributed by atoms with Gasteiger partial charge in [-0.2, -0.15) is 0 Å². The predicted molar refractivity (Wildman–Crippen MR) is 174 cm³/mol. The van der Waals surface area contributed by atoms with Crippen LogP contribution in [0.2, 0.25) is 0 Å². The number of hydrogen-bond acceptors (Lipinski definition) is 4. The number of ether oxygens (including phenoxy) is 1. The highest BCUT2D eigenvalue weighted by molar-refractivity contribution is 6.01. The number of aromatic nitrogens is 2. The number of nitrogens with zero attached hydrogens (tertiary/aromatic N) is 2. The summed E-state index contributed by atoms with van der Waals surface area (Å²) >= 11 is 0. The zero-order valence-corrected chi connectivity index (χ0v) is 25.6. The fourth-order valence-corrected chi connectivity index (χ4v) is 5.27. The average molecular weight is 574 g/mol. The Kier molecular flexibility index (Phi) is 8.76. The number of carbonyl (C=O) groups excluding carboxylic acids is 2. The Morgan fingerprint density at radius 1 is 0.860 bits per heavy atom. The zero-order valence-electron chi connectivity index (χ0n) is 25.6. The van der Waals surface area contributed by atoms with Crippen molar-refractivity contribution in [2.24, 2.45) is 0 Å². The summed E-state index contributed by atoms with van der Waals surface area (Å²) in [4.78, 5) is 30.2. The Morgan fingerprint density at radius 2 is 1.56 bits per heavy atom. The van der Waals surface area contributed by atoms with Crippen molar-refractivity contribution in [1.29, 1.82) is 0 Å². The monoisotopic (exact) mass is 573 g/mol. The molecule has 1 amide bonds. The Morgan fingerprint density at radius 3 is 2.23 bits per heavy atom. The van der Waals surface area contributed by atoms with Gasteiger partial charge in [0, 0.05) is 19.9 Å². The number of rotatable bonds is 9. The van der Waals surface area contributed by atoms with Crippen molar-refractivity contribution in [2.75, 3.05) is 5.32 Å². The third-order valence-electron chi connectivity index (χ3n) is 7.26. The van der Waals surface area contributed by atoms with Gasteiger partial charge in [-0.1, -0.05) is 86.1 Å². The number of benzene rings is 4. The number of carbonyl (C=O) groups is 2. The summed E-state index contributed by atoms with van der Waals surface area (Å²) in [5, 5.41) is 3.02. The lowest BCUT2D eigenvalue weighted by Gasteiger charge is -2.20. The topological polar surface area (TPSA) is 73.2 Å². The first-order chi connectivity index (χ1) is 20.6. The van der Waals surface area contributed by atoms with Gasteiger partial charge in [-0.25, -0.2) is 9.78 Å². The largest absolute Gasteiger partial charge is 0.456 e. The first kappa shape index (κ1) is 29.8. The summed E-state index contributed by atoms with van der Waals surface area (Å²) in [7, 11) is 0. The highest BCUT2D eigenvalue weighted by Gasteiger charge is 2.21. The van der Waals surface area contributed by atoms with E-state index in [-0.39, 0.29) is 11.9 Å². The highest BCUT2D eigenvalue weighted by Crippen LogP contribution is 2.33. The zero-order chi connectivity index (χ0) is 30.6. The minimum atomic E-state index is -0.572. The van der Waals surface area contributed by atoms with Crippen molar-refractivity contribution in [1.82, 2.24) is 9.55 Å². The van der Waals surface area contributed by atoms with Crippen molar-refractivity contribution in [2.45, 2.75) is 66.0 Å². The van der Waals surface area contributed by atoms with Crippen molar-refractivity contribution >= 4 is 28.6 Å². The van der Waals surface area contributed by atoms with Crippen LogP contribution in [0.5, 0.6) is 0 Å². The van der Waals surface area contributed by atoms with Gasteiger partial charge in [0.15, 0.2) is 0 Å². The number of aryl methyl sites for hydroxylation is 1. The van der Waals surface area contributed by atoms with Crippen molar-refractivity contribution in [3.63, 3.8) is 0 Å². The number of unbranched alkanes of at least 4 members (excludes halogenated alkanes) is 1. The molecule has 0 spiro atoms. The summed E-state index contributed by atoms with van der Waals surface area (Å²) in [6, 6.07) is 30.2. The van der Waals surface area contributed by atoms with Crippen LogP contribution in [-0.2, 0) is 22.5 Å². The van der Waals surface area contributed by atoms with E-state index in [0.29, 0.717) is 12.1 Å². The molecule has 5 rings (SSSR count). The highest BCUT2D eigenvalue weighted by atomic mass is 16.6. The third kappa shape index (κ3) is 7.03. The van der Waals surface area contributed by atoms with E-state index in [9.17, 15) is 9.59 Å². The second-order valence-corrected chi connectivity index (χ2v) is 11.9. The van der Waals surface area contributed by atoms with Crippen LogP contribution in [0.4, 0.5) is 5.69 Å². The van der Waals surface area contributed by atoms with Crippen molar-refractivity contribution in [3.8, 4) is 22.3 Å². The molecule has 1 N–H and O–H groups in total. The fourth-order valence-electron chi connectivity index (χ4n) is 5.27. The van der Waals surface area contributed by atoms with Crippen LogP contribution in [0, 0.1) is 0 Å². The maximum absolute atomic E-state index is 12.9. The molecule has 1 aromatic heterocycles. The van der Waals surface area contributed by atoms with Crippen LogP contribution in [0.15, 0.2) is 91.0 Å². The van der Waals surface area contributed by atoms with E-state index < -0.39 is 5.60 Å². The third-order valence-corrected chi connectivity index (χ3v) is 7.26. The first-order valence-electron chi connectivity index (χ1n) is 14.9. The van der Waals surface area contributed by atoms with Gasteiger partial charge in [0.1, 0.15) is 16.9 Å². The van der Waals surface area contributed by atoms with Gasteiger partial charge in [0.2, 0.25) is 5.91 Å². The number of nitrogens with one attached hydrogen (secondary N) is 1. The van der Waals surface area contributed by atoms with Gasteiger partial charge >= 0.3 is 5.97 Å². The molecule has 0 bridgehead atoms. The summed E-state index contributed by atoms with van der Waals surface area (Å²) in [5.74, 6) is 0.535. The summed E-state index contributed by atoms with van der Waals surface area (Å²) in [5.41, 5.74) is 7.47. The molecule has 0 aliphatic rings. The lowest BCUT2D eigenvalue weighted by Crippen LogP contribution is -2.24. The number of amides is 1. The summed E-state index contributed by atoms with van der Waals surface area (Å²) < 4.78 is 7.94. The lowest BCUT2D eigenvalue weighted by molar-refractivity contribution is -0.114. The lowest BCUT2D eigenvalue weighted by atomic mass is 9.98. The maximum atomic E-state index is 12.9. The molecular weight excluding hydrogens is 534 g/mol. The van der Waals surface area contributed by atoms with E-state index >= 15 is 0 Å². The van der Waals surface area contributed by atoms with Crippen LogP contribution in [0.1, 0.15) is 69.2 Å². The summed E-state index contributed by atoms with van der Waals surface area (Å²) in [6.07, 6.45) is 2.92. The number of anilines is 1. The molecule has 4 aromatic carbocycles. The van der Waals surface area contributed by atoms with E-state index in [2.05, 4.69) is 59.3 Å². The minimum Gasteiger partial charge on any atom is -0.456 e. The van der Waals surface area contributed by atoms with Gasteiger partial charge in [0.25, 0.3) is 0 Å². The normalized spacial score (nSPS) is 11.5. The molecule has 220 valence electrons. The van der Waals surface area contributed by atoms with Crippen molar-refractivity contribution in [3.05, 3.63) is 108 Å². The Bertz CT molecular complexity index is 1750. The van der Waals surface area contributed by atoms with Crippen LogP contribution in [0.3, 0.4) is 0 Å². The second kappa shape index (κ2) is 12.7. The second-order valence-electron chi connectivity index (χ2n) is 11.9. The van der Waals surface area contributed by atoms with Gasteiger partial charge in [-0.15, -0.1) is 0 Å². The number of imidazole rings is 1. The van der Waals surface area contributed by atoms with Gasteiger partial charge in [0.05, 0.1) is 16.8 Å². The Balaban J connectivity index is 1.55. The van der Waals surface area contributed by atoms with E-state index in [4.69, 9.17) is 9.72 Å². The van der Waals surface area contributed by atoms with Gasteiger partial charge in [-0.05, 0) is 73.2 Å². The van der Waals surface area contributed by atoms with E-state index in [1.165, 1.54) is 6.92 Å². The standard InChI is InChI=1S/C37H39N3O3/c1-6-7-17-34-39-35-32(38-25(2)41)22-29(27-13-9-8-10-14-27)23-33(35)40(34)24-26-18-20-28(21-19-26)30-15-11-12-16-31(30)36(42)43-37(3,4)5/h8-16,18-23H,6-7,17,24H2,1-5H3,(H,38,41). The molecule has 0 saturated carbocycles. The average Bonchev–Trinajstić information content (AvgIpc) is 3.33. The SMILES string of the molecule is CCCCc1nc2c(NC(C)=O)cc(-c3ccccc3)cc2n1Cc1ccc(-c2ccccc2C(=O)OC(C)(C)C)cc1. The minimum absolute atomic E-state index is 0.126. The molecule has 0 atom stereocenters. The Labute approximate surface area is 253 Å². The predicted octanol–water partition coefficient (Wildman–Crippen LogP) is 8.67. The molecule has 0 aliphatic carbocycles.